The van der Waals surface area contributed by atoms with Gasteiger partial charge in [0, 0.05) is 0 Å². The molecule has 1 saturated heterocycles. The number of nitrogens with zero attached hydrogens (tertiary/aromatic N) is 1. The third kappa shape index (κ3) is 4.52. The van der Waals surface area contributed by atoms with Gasteiger partial charge in [-0.2, -0.15) is 0 Å². The van der Waals surface area contributed by atoms with E-state index in [1.165, 1.54) is 4.90 Å². The van der Waals surface area contributed by atoms with Crippen molar-refractivity contribution in [3.05, 3.63) is 61.6 Å². The van der Waals surface area contributed by atoms with Crippen LogP contribution in [0.5, 0.6) is 11.5 Å². The molecule has 7 heteroatoms. The van der Waals surface area contributed by atoms with E-state index in [2.05, 4.69) is 22.6 Å². The maximum absolute atomic E-state index is 12.8. The third-order valence-corrected chi connectivity index (χ3v) is 5.84. The Morgan fingerprint density at radius 3 is 2.68 bits per heavy atom. The fraction of sp³-hybridized carbons (Fsp3) is 0.238. The number of halogens is 1. The van der Waals surface area contributed by atoms with Gasteiger partial charge in [0.05, 0.1) is 28.7 Å². The molecule has 1 aliphatic heterocycles. The average molecular weight is 509 g/mol. The van der Waals surface area contributed by atoms with Crippen molar-refractivity contribution in [2.45, 2.75) is 20.4 Å². The van der Waals surface area contributed by atoms with Gasteiger partial charge in [-0.25, -0.2) is 0 Å². The van der Waals surface area contributed by atoms with Gasteiger partial charge >= 0.3 is 0 Å². The molecule has 28 heavy (non-hydrogen) atoms. The number of hydrogen-bond donors (Lipinski definition) is 0. The van der Waals surface area contributed by atoms with E-state index in [1.807, 2.05) is 50.2 Å². The molecule has 0 spiro atoms. The zero-order chi connectivity index (χ0) is 20.3. The van der Waals surface area contributed by atoms with Crippen LogP contribution in [0.1, 0.15) is 23.6 Å². The van der Waals surface area contributed by atoms with Gasteiger partial charge in [-0.3, -0.25) is 14.5 Å². The third-order valence-electron chi connectivity index (χ3n) is 4.13. The number of amides is 2. The fourth-order valence-corrected chi connectivity index (χ4v) is 4.51. The summed E-state index contributed by atoms with van der Waals surface area (Å²) in [7, 11) is 1.58. The highest BCUT2D eigenvalue weighted by Crippen LogP contribution is 2.37. The normalized spacial score (nSPS) is 15.4. The molecule has 3 rings (SSSR count). The van der Waals surface area contributed by atoms with Crippen LogP contribution in [0.25, 0.3) is 6.08 Å². The van der Waals surface area contributed by atoms with E-state index in [1.54, 1.807) is 13.2 Å². The second-order valence-corrected chi connectivity index (χ2v) is 8.38. The lowest BCUT2D eigenvalue weighted by Gasteiger charge is -2.13. The Morgan fingerprint density at radius 1 is 1.21 bits per heavy atom. The highest BCUT2D eigenvalue weighted by Gasteiger charge is 2.35. The first-order chi connectivity index (χ1) is 13.4. The summed E-state index contributed by atoms with van der Waals surface area (Å²) in [5, 5.41) is -0.259. The predicted molar refractivity (Wildman–Crippen MR) is 120 cm³/mol. The number of thioether (sulfide) groups is 1. The molecule has 0 unspecified atom stereocenters. The summed E-state index contributed by atoms with van der Waals surface area (Å²) in [5.74, 6) is 0.994. The zero-order valence-corrected chi connectivity index (χ0v) is 18.8. The Morgan fingerprint density at radius 2 is 2.00 bits per heavy atom. The van der Waals surface area contributed by atoms with Crippen LogP contribution in [0.4, 0.5) is 4.79 Å². The summed E-state index contributed by atoms with van der Waals surface area (Å²) < 4.78 is 11.9. The lowest BCUT2D eigenvalue weighted by Crippen LogP contribution is -2.27. The Kier molecular flexibility index (Phi) is 6.66. The topological polar surface area (TPSA) is 55.8 Å². The number of benzene rings is 2. The minimum absolute atomic E-state index is 0.259. The molecule has 0 atom stereocenters. The maximum atomic E-state index is 12.8. The summed E-state index contributed by atoms with van der Waals surface area (Å²) >= 11 is 3.13. The van der Waals surface area contributed by atoms with Crippen LogP contribution in [0, 0.1) is 10.5 Å². The van der Waals surface area contributed by atoms with Gasteiger partial charge in [0.2, 0.25) is 0 Å². The van der Waals surface area contributed by atoms with Crippen LogP contribution in [0.3, 0.4) is 0 Å². The number of carbonyl (C=O) groups excluding carboxylic acids is 2. The summed E-state index contributed by atoms with van der Waals surface area (Å²) in [6.07, 6.45) is 1.72. The van der Waals surface area contributed by atoms with Crippen molar-refractivity contribution in [2.75, 3.05) is 13.7 Å². The summed E-state index contributed by atoms with van der Waals surface area (Å²) in [6.45, 7) is 4.70. The fourth-order valence-electron chi connectivity index (χ4n) is 2.89. The molecule has 0 aliphatic carbocycles. The van der Waals surface area contributed by atoms with E-state index < -0.39 is 0 Å². The molecule has 0 saturated carbocycles. The van der Waals surface area contributed by atoms with E-state index in [9.17, 15) is 9.59 Å². The highest BCUT2D eigenvalue weighted by molar-refractivity contribution is 14.1. The first-order valence-corrected chi connectivity index (χ1v) is 10.6. The minimum atomic E-state index is -0.278. The van der Waals surface area contributed by atoms with Gasteiger partial charge in [-0.05, 0) is 77.5 Å². The molecular weight excluding hydrogens is 489 g/mol. The Labute approximate surface area is 182 Å². The van der Waals surface area contributed by atoms with Gasteiger partial charge in [0.15, 0.2) is 11.5 Å². The second-order valence-electron chi connectivity index (χ2n) is 6.22. The molecule has 1 heterocycles. The van der Waals surface area contributed by atoms with E-state index >= 15 is 0 Å². The quantitative estimate of drug-likeness (QED) is 0.394. The number of methoxy groups -OCH3 is 1. The first kappa shape index (κ1) is 20.7. The van der Waals surface area contributed by atoms with Crippen LogP contribution >= 0.6 is 34.4 Å². The molecule has 5 nitrogen and oxygen atoms in total. The number of rotatable bonds is 6. The number of carbonyl (C=O) groups is 2. The lowest BCUT2D eigenvalue weighted by molar-refractivity contribution is -0.123. The highest BCUT2D eigenvalue weighted by atomic mass is 127. The predicted octanol–water partition coefficient (Wildman–Crippen LogP) is 5.24. The standard InChI is InChI=1S/C21H20INO4S/c1-4-27-19-16(22)9-15(10-17(19)26-3)11-18-20(24)23(21(25)28-18)12-14-7-5-6-13(2)8-14/h5-11H,4,12H2,1-3H3/b18-11-. The number of hydrogen-bond acceptors (Lipinski definition) is 5. The SMILES string of the molecule is CCOc1c(I)cc(/C=C2\SC(=O)N(Cc3cccc(C)c3)C2=O)cc1OC. The van der Waals surface area contributed by atoms with Crippen LogP contribution in [-0.2, 0) is 11.3 Å². The van der Waals surface area contributed by atoms with E-state index in [0.717, 1.165) is 32.0 Å². The number of aryl methyl sites for hydroxylation is 1. The monoisotopic (exact) mass is 509 g/mol. The average Bonchev–Trinajstić information content (AvgIpc) is 2.91. The van der Waals surface area contributed by atoms with E-state index in [-0.39, 0.29) is 17.7 Å². The van der Waals surface area contributed by atoms with Crippen molar-refractivity contribution in [1.82, 2.24) is 4.90 Å². The number of imide groups is 1. The first-order valence-electron chi connectivity index (χ1n) is 8.74. The molecule has 1 aliphatic rings. The summed E-state index contributed by atoms with van der Waals surface area (Å²) in [6, 6.07) is 11.5. The van der Waals surface area contributed by atoms with Crippen LogP contribution in [-0.4, -0.2) is 29.8 Å². The smallest absolute Gasteiger partial charge is 0.293 e. The second kappa shape index (κ2) is 9.00. The van der Waals surface area contributed by atoms with Gasteiger partial charge in [-0.1, -0.05) is 29.8 Å². The zero-order valence-electron chi connectivity index (χ0n) is 15.8. The Bertz CT molecular complexity index is 957. The van der Waals surface area contributed by atoms with Crippen molar-refractivity contribution in [3.63, 3.8) is 0 Å². The molecule has 1 fully saturated rings. The van der Waals surface area contributed by atoms with Crippen molar-refractivity contribution in [1.29, 1.82) is 0 Å². The van der Waals surface area contributed by atoms with Crippen LogP contribution in [0.15, 0.2) is 41.3 Å². The van der Waals surface area contributed by atoms with Gasteiger partial charge in [-0.15, -0.1) is 0 Å². The molecule has 0 radical (unpaired) electrons. The van der Waals surface area contributed by atoms with Crippen LogP contribution < -0.4 is 9.47 Å². The molecule has 2 amide bonds. The molecule has 0 bridgehead atoms. The molecule has 2 aromatic carbocycles. The summed E-state index contributed by atoms with van der Waals surface area (Å²) in [5.41, 5.74) is 2.81. The van der Waals surface area contributed by atoms with Gasteiger partial charge < -0.3 is 9.47 Å². The minimum Gasteiger partial charge on any atom is -0.493 e. The van der Waals surface area contributed by atoms with Gasteiger partial charge in [0.25, 0.3) is 11.1 Å². The van der Waals surface area contributed by atoms with Crippen molar-refractivity contribution >= 4 is 51.6 Å². The molecular formula is C21H20INO4S. The van der Waals surface area contributed by atoms with Crippen molar-refractivity contribution < 1.29 is 19.1 Å². The van der Waals surface area contributed by atoms with E-state index in [0.29, 0.717) is 23.0 Å². The Balaban J connectivity index is 1.86. The molecule has 0 aromatic heterocycles. The molecule has 146 valence electrons. The molecule has 2 aromatic rings. The Hall–Kier alpha value is -2.00. The van der Waals surface area contributed by atoms with Crippen molar-refractivity contribution in [3.8, 4) is 11.5 Å². The van der Waals surface area contributed by atoms with E-state index in [4.69, 9.17) is 9.47 Å². The molecule has 0 N–H and O–H groups in total. The maximum Gasteiger partial charge on any atom is 0.293 e. The van der Waals surface area contributed by atoms with Gasteiger partial charge in [0.1, 0.15) is 0 Å². The van der Waals surface area contributed by atoms with Crippen molar-refractivity contribution in [2.24, 2.45) is 0 Å². The largest absolute Gasteiger partial charge is 0.493 e. The van der Waals surface area contributed by atoms with Crippen LogP contribution in [0.2, 0.25) is 0 Å². The summed E-state index contributed by atoms with van der Waals surface area (Å²) in [4.78, 5) is 26.8. The number of ether oxygens (including phenoxy) is 2. The lowest BCUT2D eigenvalue weighted by atomic mass is 10.1.